The number of carboxylic acid groups (broad SMARTS) is 1. The first-order valence-electron chi connectivity index (χ1n) is 5.22. The molecule has 86 valence electrons. The molecule has 3 N–H and O–H groups in total. The number of halogens is 1. The van der Waals surface area contributed by atoms with Gasteiger partial charge in [0, 0.05) is 5.41 Å². The fraction of sp³-hybridized carbons (Fsp3) is 0.417. The average molecular weight is 223 g/mol. The molecule has 0 amide bonds. The zero-order valence-corrected chi connectivity index (χ0v) is 9.03. The smallest absolute Gasteiger partial charge is 0.321 e. The van der Waals surface area contributed by atoms with Crippen LogP contribution in [0, 0.1) is 12.7 Å². The predicted molar refractivity (Wildman–Crippen MR) is 57.7 cm³/mol. The summed E-state index contributed by atoms with van der Waals surface area (Å²) in [7, 11) is 0. The number of benzene rings is 1. The maximum atomic E-state index is 13.1. The third kappa shape index (κ3) is 1.59. The van der Waals surface area contributed by atoms with E-state index in [2.05, 4.69) is 0 Å². The highest BCUT2D eigenvalue weighted by molar-refractivity contribution is 5.77. The fourth-order valence-corrected chi connectivity index (χ4v) is 2.10. The fourth-order valence-electron chi connectivity index (χ4n) is 2.10. The number of rotatable bonds is 3. The lowest BCUT2D eigenvalue weighted by Crippen LogP contribution is -2.42. The van der Waals surface area contributed by atoms with Crippen LogP contribution < -0.4 is 5.73 Å². The highest BCUT2D eigenvalue weighted by atomic mass is 19.1. The summed E-state index contributed by atoms with van der Waals surface area (Å²) >= 11 is 0. The highest BCUT2D eigenvalue weighted by Crippen LogP contribution is 2.50. The van der Waals surface area contributed by atoms with E-state index >= 15 is 0 Å². The van der Waals surface area contributed by atoms with Gasteiger partial charge in [0.25, 0.3) is 0 Å². The largest absolute Gasteiger partial charge is 0.480 e. The van der Waals surface area contributed by atoms with Crippen molar-refractivity contribution in [3.63, 3.8) is 0 Å². The van der Waals surface area contributed by atoms with E-state index in [9.17, 15) is 9.18 Å². The molecule has 4 heteroatoms. The molecular formula is C12H14FNO2. The van der Waals surface area contributed by atoms with Gasteiger partial charge in [-0.1, -0.05) is 12.1 Å². The zero-order chi connectivity index (χ0) is 11.9. The van der Waals surface area contributed by atoms with Gasteiger partial charge in [0.2, 0.25) is 0 Å². The molecule has 0 aromatic heterocycles. The van der Waals surface area contributed by atoms with Gasteiger partial charge < -0.3 is 10.8 Å². The summed E-state index contributed by atoms with van der Waals surface area (Å²) < 4.78 is 13.1. The van der Waals surface area contributed by atoms with Gasteiger partial charge in [0.1, 0.15) is 11.9 Å². The van der Waals surface area contributed by atoms with Gasteiger partial charge in [-0.25, -0.2) is 4.39 Å². The average Bonchev–Trinajstić information content (AvgIpc) is 3.02. The number of hydrogen-bond acceptors (Lipinski definition) is 2. The molecule has 16 heavy (non-hydrogen) atoms. The summed E-state index contributed by atoms with van der Waals surface area (Å²) in [6.45, 7) is 1.67. The number of aryl methyl sites for hydroxylation is 1. The van der Waals surface area contributed by atoms with Gasteiger partial charge in [-0.2, -0.15) is 0 Å². The van der Waals surface area contributed by atoms with Crippen LogP contribution in [-0.2, 0) is 10.2 Å². The minimum atomic E-state index is -1.00. The molecule has 1 atom stereocenters. The Bertz CT molecular complexity index is 441. The number of carbonyl (C=O) groups is 1. The van der Waals surface area contributed by atoms with Crippen molar-refractivity contribution in [2.75, 3.05) is 0 Å². The maximum absolute atomic E-state index is 13.1. The van der Waals surface area contributed by atoms with E-state index in [1.54, 1.807) is 19.1 Å². The van der Waals surface area contributed by atoms with Crippen molar-refractivity contribution in [2.45, 2.75) is 31.2 Å². The minimum absolute atomic E-state index is 0.275. The van der Waals surface area contributed by atoms with Gasteiger partial charge >= 0.3 is 5.97 Å². The molecule has 0 saturated heterocycles. The summed E-state index contributed by atoms with van der Waals surface area (Å²) in [5.74, 6) is -1.28. The van der Waals surface area contributed by atoms with Crippen molar-refractivity contribution in [2.24, 2.45) is 5.73 Å². The first-order valence-corrected chi connectivity index (χ1v) is 5.22. The van der Waals surface area contributed by atoms with E-state index in [0.29, 0.717) is 5.56 Å². The Morgan fingerprint density at radius 1 is 1.56 bits per heavy atom. The third-order valence-electron chi connectivity index (χ3n) is 3.38. The molecule has 1 aromatic carbocycles. The van der Waals surface area contributed by atoms with Gasteiger partial charge in [-0.15, -0.1) is 0 Å². The van der Waals surface area contributed by atoms with Crippen molar-refractivity contribution < 1.29 is 14.3 Å². The zero-order valence-electron chi connectivity index (χ0n) is 9.03. The summed E-state index contributed by atoms with van der Waals surface area (Å²) in [5, 5.41) is 8.94. The van der Waals surface area contributed by atoms with Gasteiger partial charge in [0.15, 0.2) is 0 Å². The van der Waals surface area contributed by atoms with Crippen LogP contribution >= 0.6 is 0 Å². The third-order valence-corrected chi connectivity index (χ3v) is 3.38. The molecule has 0 spiro atoms. The molecule has 1 saturated carbocycles. The van der Waals surface area contributed by atoms with Crippen molar-refractivity contribution in [3.05, 3.63) is 35.1 Å². The monoisotopic (exact) mass is 223 g/mol. The number of carboxylic acids is 1. The highest BCUT2D eigenvalue weighted by Gasteiger charge is 2.52. The van der Waals surface area contributed by atoms with Crippen LogP contribution in [0.3, 0.4) is 0 Å². The minimum Gasteiger partial charge on any atom is -0.480 e. The maximum Gasteiger partial charge on any atom is 0.321 e. The van der Waals surface area contributed by atoms with Gasteiger partial charge in [-0.3, -0.25) is 4.79 Å². The molecule has 2 rings (SSSR count). The summed E-state index contributed by atoms with van der Waals surface area (Å²) in [5.41, 5.74) is 6.57. The van der Waals surface area contributed by atoms with Gasteiger partial charge in [0.05, 0.1) is 0 Å². The quantitative estimate of drug-likeness (QED) is 0.817. The SMILES string of the molecule is Cc1cc(C2(C(N)C(=O)O)CC2)ccc1F. The van der Waals surface area contributed by atoms with Crippen LogP contribution in [0.25, 0.3) is 0 Å². The predicted octanol–water partition coefficient (Wildman–Crippen LogP) is 1.58. The lowest BCUT2D eigenvalue weighted by Gasteiger charge is -2.20. The number of aliphatic carboxylic acids is 1. The van der Waals surface area contributed by atoms with Crippen LogP contribution in [0.5, 0.6) is 0 Å². The van der Waals surface area contributed by atoms with Crippen molar-refractivity contribution in [1.29, 1.82) is 0 Å². The summed E-state index contributed by atoms with van der Waals surface area (Å²) in [6.07, 6.45) is 1.51. The van der Waals surface area contributed by atoms with E-state index in [1.807, 2.05) is 0 Å². The second-order valence-corrected chi connectivity index (χ2v) is 4.44. The Hall–Kier alpha value is -1.42. The molecule has 1 aromatic rings. The van der Waals surface area contributed by atoms with E-state index in [4.69, 9.17) is 10.8 Å². The Kier molecular flexibility index (Phi) is 2.46. The normalized spacial score (nSPS) is 19.2. The van der Waals surface area contributed by atoms with Crippen molar-refractivity contribution in [1.82, 2.24) is 0 Å². The molecule has 1 aliphatic rings. The second-order valence-electron chi connectivity index (χ2n) is 4.44. The number of hydrogen-bond donors (Lipinski definition) is 2. The molecule has 3 nitrogen and oxygen atoms in total. The molecule has 0 radical (unpaired) electrons. The Morgan fingerprint density at radius 2 is 2.19 bits per heavy atom. The number of nitrogens with two attached hydrogens (primary N) is 1. The lowest BCUT2D eigenvalue weighted by atomic mass is 9.87. The van der Waals surface area contributed by atoms with Crippen LogP contribution in [0.4, 0.5) is 4.39 Å². The van der Waals surface area contributed by atoms with Crippen molar-refractivity contribution >= 4 is 5.97 Å². The lowest BCUT2D eigenvalue weighted by molar-refractivity contribution is -0.139. The molecule has 1 aliphatic carbocycles. The topological polar surface area (TPSA) is 63.3 Å². The Morgan fingerprint density at radius 3 is 2.62 bits per heavy atom. The van der Waals surface area contributed by atoms with Gasteiger partial charge in [-0.05, 0) is 37.0 Å². The molecule has 1 fully saturated rings. The first kappa shape index (κ1) is 11.1. The van der Waals surface area contributed by atoms with E-state index in [0.717, 1.165) is 18.4 Å². The summed E-state index contributed by atoms with van der Waals surface area (Å²) in [6, 6.07) is 3.81. The van der Waals surface area contributed by atoms with E-state index < -0.39 is 17.4 Å². The Labute approximate surface area is 93.1 Å². The molecule has 1 unspecified atom stereocenters. The van der Waals surface area contributed by atoms with Crippen molar-refractivity contribution in [3.8, 4) is 0 Å². The second kappa shape index (κ2) is 3.56. The molecule has 0 aliphatic heterocycles. The van der Waals surface area contributed by atoms with Crippen LogP contribution in [0.1, 0.15) is 24.0 Å². The van der Waals surface area contributed by atoms with Crippen LogP contribution in [0.15, 0.2) is 18.2 Å². The summed E-state index contributed by atoms with van der Waals surface area (Å²) in [4.78, 5) is 10.9. The van der Waals surface area contributed by atoms with E-state index in [-0.39, 0.29) is 5.82 Å². The molecule has 0 heterocycles. The standard InChI is InChI=1S/C12H14FNO2/c1-7-6-8(2-3-9(7)13)12(4-5-12)10(14)11(15)16/h2-3,6,10H,4-5,14H2,1H3,(H,15,16). The van der Waals surface area contributed by atoms with Crippen LogP contribution in [-0.4, -0.2) is 17.1 Å². The van der Waals surface area contributed by atoms with E-state index in [1.165, 1.54) is 6.07 Å². The molecular weight excluding hydrogens is 209 g/mol. The Balaban J connectivity index is 2.37. The first-order chi connectivity index (χ1) is 7.47. The molecule has 0 bridgehead atoms. The van der Waals surface area contributed by atoms with Crippen LogP contribution in [0.2, 0.25) is 0 Å².